The van der Waals surface area contributed by atoms with E-state index in [1.54, 1.807) is 56.2 Å². The van der Waals surface area contributed by atoms with Crippen molar-refractivity contribution in [2.45, 2.75) is 40.0 Å². The van der Waals surface area contributed by atoms with E-state index in [-0.39, 0.29) is 21.1 Å². The molecule has 0 bridgehead atoms. The minimum Gasteiger partial charge on any atom is 0 e. The van der Waals surface area contributed by atoms with Gasteiger partial charge in [-0.2, -0.15) is 0 Å². The van der Waals surface area contributed by atoms with E-state index in [1.165, 1.54) is 18.5 Å². The molecule has 1 aliphatic heterocycles. The van der Waals surface area contributed by atoms with Gasteiger partial charge in [-0.1, -0.05) is 20.8 Å². The van der Waals surface area contributed by atoms with E-state index in [1.807, 2.05) is 0 Å². The van der Waals surface area contributed by atoms with Crippen molar-refractivity contribution in [1.29, 1.82) is 0 Å². The summed E-state index contributed by atoms with van der Waals surface area (Å²) in [6.45, 7) is 20.8. The monoisotopic (exact) mass is 488 g/mol. The fourth-order valence-electron chi connectivity index (χ4n) is 2.84. The predicted molar refractivity (Wildman–Crippen MR) is 107 cm³/mol. The third-order valence-corrected chi connectivity index (χ3v) is 12.6. The topological polar surface area (TPSA) is 59.7 Å². The van der Waals surface area contributed by atoms with E-state index in [0.29, 0.717) is 23.8 Å². The van der Waals surface area contributed by atoms with Gasteiger partial charge < -0.3 is 0 Å². The maximum absolute atomic E-state index is 7.50. The summed E-state index contributed by atoms with van der Waals surface area (Å²) in [6.07, 6.45) is 18.7. The smallest absolute Gasteiger partial charge is 0 e. The van der Waals surface area contributed by atoms with Crippen molar-refractivity contribution < 1.29 is 35.0 Å². The van der Waals surface area contributed by atoms with Gasteiger partial charge in [0.05, 0.1) is 0 Å². The Balaban J connectivity index is -0.000000284. The first kappa shape index (κ1) is 33.8. The van der Waals surface area contributed by atoms with Crippen LogP contribution in [0.1, 0.15) is 40.0 Å². The van der Waals surface area contributed by atoms with Gasteiger partial charge in [0.15, 0.2) is 0 Å². The molecule has 3 nitrogen and oxygen atoms in total. The zero-order valence-electron chi connectivity index (χ0n) is 16.0. The molecule has 0 N–H and O–H groups in total. The fourth-order valence-corrected chi connectivity index (χ4v) is 9.79. The van der Waals surface area contributed by atoms with Gasteiger partial charge in [0, 0.05) is 21.1 Å². The average molecular weight is 486 g/mol. The first-order valence-electron chi connectivity index (χ1n) is 8.58. The molecule has 0 aliphatic carbocycles. The van der Waals surface area contributed by atoms with E-state index in [2.05, 4.69) is 40.7 Å². The first-order valence-corrected chi connectivity index (χ1v) is 14.3. The van der Waals surface area contributed by atoms with Crippen LogP contribution in [-0.4, -0.2) is 55.5 Å². The van der Waals surface area contributed by atoms with Crippen molar-refractivity contribution in [2.24, 2.45) is 0 Å². The third kappa shape index (κ3) is 21.4. The molecule has 144 valence electrons. The summed E-state index contributed by atoms with van der Waals surface area (Å²) < 4.78 is 22.5. The SMILES string of the molecule is CCP1CCCP(CC)CCCP(CC)CCC1.[C-]#[O+].[C-]#[O+].[C-]#[O+].[Mo]. The summed E-state index contributed by atoms with van der Waals surface area (Å²) in [5.41, 5.74) is 0. The molecule has 1 heterocycles. The van der Waals surface area contributed by atoms with E-state index < -0.39 is 0 Å². The summed E-state index contributed by atoms with van der Waals surface area (Å²) in [7, 11) is 1.23. The summed E-state index contributed by atoms with van der Waals surface area (Å²) >= 11 is 0. The van der Waals surface area contributed by atoms with E-state index in [4.69, 9.17) is 14.0 Å². The number of hydrogen-bond acceptors (Lipinski definition) is 0. The second-order valence-electron chi connectivity index (χ2n) is 5.36. The molecule has 7 heteroatoms. The van der Waals surface area contributed by atoms with Crippen LogP contribution in [0.2, 0.25) is 0 Å². The van der Waals surface area contributed by atoms with Gasteiger partial charge in [-0.05, 0) is 74.7 Å². The van der Waals surface area contributed by atoms with Gasteiger partial charge in [0.2, 0.25) is 0 Å². The molecule has 0 aromatic heterocycles. The molecule has 0 spiro atoms. The van der Waals surface area contributed by atoms with Crippen molar-refractivity contribution in [2.75, 3.05) is 55.5 Å². The molecule has 0 atom stereocenters. The van der Waals surface area contributed by atoms with Crippen LogP contribution in [0.4, 0.5) is 0 Å². The normalized spacial score (nSPS) is 23.6. The molecular weight excluding hydrogens is 453 g/mol. The Morgan fingerprint density at radius 1 is 0.520 bits per heavy atom. The summed E-state index contributed by atoms with van der Waals surface area (Å²) in [5, 5.41) is 0. The summed E-state index contributed by atoms with van der Waals surface area (Å²) in [5.74, 6) is 0. The van der Waals surface area contributed by atoms with Crippen LogP contribution >= 0.6 is 23.8 Å². The van der Waals surface area contributed by atoms with Crippen LogP contribution < -0.4 is 0 Å². The zero-order valence-corrected chi connectivity index (χ0v) is 20.7. The number of rotatable bonds is 3. The molecule has 1 fully saturated rings. The molecule has 0 aromatic rings. The Morgan fingerprint density at radius 3 is 0.800 bits per heavy atom. The van der Waals surface area contributed by atoms with Crippen molar-refractivity contribution in [3.8, 4) is 0 Å². The van der Waals surface area contributed by atoms with E-state index in [0.717, 1.165) is 0 Å². The van der Waals surface area contributed by atoms with Crippen LogP contribution in [0.5, 0.6) is 0 Å². The molecule has 0 radical (unpaired) electrons. The Bertz CT molecular complexity index is 252. The van der Waals surface area contributed by atoms with Gasteiger partial charge in [0.1, 0.15) is 0 Å². The van der Waals surface area contributed by atoms with Gasteiger partial charge >= 0.3 is 33.9 Å². The Hall–Kier alpha value is 1.20. The van der Waals surface area contributed by atoms with Crippen LogP contribution in [0, 0.1) is 20.0 Å². The molecule has 1 saturated heterocycles. The summed E-state index contributed by atoms with van der Waals surface area (Å²) in [6, 6.07) is 0. The minimum absolute atomic E-state index is 0. The van der Waals surface area contributed by atoms with Crippen molar-refractivity contribution in [3.05, 3.63) is 20.0 Å². The molecule has 0 amide bonds. The molecule has 0 unspecified atom stereocenters. The maximum atomic E-state index is 7.50. The van der Waals surface area contributed by atoms with Crippen molar-refractivity contribution in [1.82, 2.24) is 0 Å². The maximum Gasteiger partial charge on any atom is 0 e. The molecule has 1 aliphatic rings. The van der Waals surface area contributed by atoms with Crippen LogP contribution in [-0.2, 0) is 35.0 Å². The molecule has 0 aromatic carbocycles. The van der Waals surface area contributed by atoms with E-state index >= 15 is 0 Å². The minimum atomic E-state index is 0. The molecular formula is C18H33MoO3P3. The third-order valence-electron chi connectivity index (χ3n) is 4.19. The largest absolute Gasteiger partial charge is 0 e. The summed E-state index contributed by atoms with van der Waals surface area (Å²) in [4.78, 5) is 0. The quantitative estimate of drug-likeness (QED) is 0.217. The van der Waals surface area contributed by atoms with Gasteiger partial charge in [-0.15, -0.1) is 23.8 Å². The zero-order chi connectivity index (χ0) is 19.2. The van der Waals surface area contributed by atoms with Crippen molar-refractivity contribution in [3.63, 3.8) is 0 Å². The number of hydrogen-bond donors (Lipinski definition) is 0. The Labute approximate surface area is 173 Å². The van der Waals surface area contributed by atoms with Gasteiger partial charge in [-0.25, -0.2) is 0 Å². The van der Waals surface area contributed by atoms with Crippen molar-refractivity contribution >= 4 is 23.8 Å². The van der Waals surface area contributed by atoms with Gasteiger partial charge in [-0.3, -0.25) is 0 Å². The molecule has 25 heavy (non-hydrogen) atoms. The average Bonchev–Trinajstić information content (AvgIpc) is 2.67. The molecule has 1 rings (SSSR count). The predicted octanol–water partition coefficient (Wildman–Crippen LogP) is 5.56. The second kappa shape index (κ2) is 29.9. The molecule has 0 saturated carbocycles. The Kier molecular flexibility index (Phi) is 40.4. The standard InChI is InChI=1S/C15H33P3.3CO.Mo/c1-4-16-10-7-12-17(5-2)14-9-15-18(6-3)13-8-11-16;3*1-2;/h4-15H2,1-3H3;;;;. The van der Waals surface area contributed by atoms with Gasteiger partial charge in [0.25, 0.3) is 0 Å². The second-order valence-corrected chi connectivity index (χ2v) is 14.0. The van der Waals surface area contributed by atoms with Crippen LogP contribution in [0.3, 0.4) is 0 Å². The van der Waals surface area contributed by atoms with Crippen LogP contribution in [0.25, 0.3) is 0 Å². The first-order chi connectivity index (χ1) is 11.8. The van der Waals surface area contributed by atoms with Crippen LogP contribution in [0.15, 0.2) is 0 Å². The van der Waals surface area contributed by atoms with E-state index in [9.17, 15) is 0 Å². The Morgan fingerprint density at radius 2 is 0.680 bits per heavy atom. The fraction of sp³-hybridized carbons (Fsp3) is 0.833.